The fourth-order valence-corrected chi connectivity index (χ4v) is 1.17. The van der Waals surface area contributed by atoms with Crippen LogP contribution in [0.25, 0.3) is 0 Å². The van der Waals surface area contributed by atoms with Crippen LogP contribution in [0, 0.1) is 0 Å². The van der Waals surface area contributed by atoms with Gasteiger partial charge in [-0.3, -0.25) is 0 Å². The van der Waals surface area contributed by atoms with Gasteiger partial charge >= 0.3 is 0 Å². The van der Waals surface area contributed by atoms with Crippen LogP contribution in [0.4, 0.5) is 0 Å². The molecule has 3 heteroatoms. The normalized spacial score (nSPS) is 14.7. The number of nitrogens with two attached hydrogens (primary N) is 1. The van der Waals surface area contributed by atoms with Crippen LogP contribution in [0.2, 0.25) is 0 Å². The average Bonchev–Trinajstić information content (AvgIpc) is 2.30. The van der Waals surface area contributed by atoms with Crippen molar-refractivity contribution in [2.75, 3.05) is 13.4 Å². The Bertz CT molecular complexity index is 285. The molecule has 0 fully saturated rings. The molecular formula is C13H21NO2. The minimum absolute atomic E-state index is 0.254. The van der Waals surface area contributed by atoms with Crippen molar-refractivity contribution in [3.05, 3.63) is 35.9 Å². The SMILES string of the molecule is CCC(C)(N)COCOCc1ccccc1. The van der Waals surface area contributed by atoms with Crippen LogP contribution < -0.4 is 5.73 Å². The average molecular weight is 223 g/mol. The topological polar surface area (TPSA) is 44.5 Å². The number of hydrogen-bond acceptors (Lipinski definition) is 3. The first kappa shape index (κ1) is 13.2. The largest absolute Gasteiger partial charge is 0.354 e. The van der Waals surface area contributed by atoms with Crippen LogP contribution in [-0.4, -0.2) is 18.9 Å². The molecule has 0 aliphatic carbocycles. The Morgan fingerprint density at radius 1 is 1.19 bits per heavy atom. The lowest BCUT2D eigenvalue weighted by molar-refractivity contribution is -0.0739. The van der Waals surface area contributed by atoms with Gasteiger partial charge in [0.25, 0.3) is 0 Å². The highest BCUT2D eigenvalue weighted by molar-refractivity contribution is 5.13. The maximum absolute atomic E-state index is 5.93. The Morgan fingerprint density at radius 2 is 1.88 bits per heavy atom. The molecule has 90 valence electrons. The molecule has 0 heterocycles. The molecule has 0 amide bonds. The number of hydrogen-bond donors (Lipinski definition) is 1. The van der Waals surface area contributed by atoms with Gasteiger partial charge in [0.05, 0.1) is 13.2 Å². The molecular weight excluding hydrogens is 202 g/mol. The lowest BCUT2D eigenvalue weighted by atomic mass is 10.0. The third-order valence-electron chi connectivity index (χ3n) is 2.52. The van der Waals surface area contributed by atoms with Crippen molar-refractivity contribution in [3.63, 3.8) is 0 Å². The van der Waals surface area contributed by atoms with Crippen molar-refractivity contribution in [1.29, 1.82) is 0 Å². The van der Waals surface area contributed by atoms with Gasteiger partial charge in [-0.15, -0.1) is 0 Å². The van der Waals surface area contributed by atoms with Gasteiger partial charge in [0.2, 0.25) is 0 Å². The van der Waals surface area contributed by atoms with E-state index in [9.17, 15) is 0 Å². The maximum Gasteiger partial charge on any atom is 0.147 e. The molecule has 1 atom stereocenters. The quantitative estimate of drug-likeness (QED) is 0.570. The molecule has 1 aromatic carbocycles. The Morgan fingerprint density at radius 3 is 2.50 bits per heavy atom. The fraction of sp³-hybridized carbons (Fsp3) is 0.538. The summed E-state index contributed by atoms with van der Waals surface area (Å²) in [5.74, 6) is 0. The first-order valence-electron chi connectivity index (χ1n) is 5.62. The van der Waals surface area contributed by atoms with Gasteiger partial charge < -0.3 is 15.2 Å². The first-order chi connectivity index (χ1) is 7.64. The Labute approximate surface area is 97.6 Å². The van der Waals surface area contributed by atoms with Crippen LogP contribution in [0.15, 0.2) is 30.3 Å². The molecule has 3 nitrogen and oxygen atoms in total. The fourth-order valence-electron chi connectivity index (χ4n) is 1.17. The molecule has 0 saturated heterocycles. The Kier molecular flexibility index (Phi) is 5.46. The summed E-state index contributed by atoms with van der Waals surface area (Å²) < 4.78 is 10.7. The van der Waals surface area contributed by atoms with E-state index < -0.39 is 0 Å². The highest BCUT2D eigenvalue weighted by Crippen LogP contribution is 2.05. The van der Waals surface area contributed by atoms with E-state index in [1.165, 1.54) is 0 Å². The summed E-state index contributed by atoms with van der Waals surface area (Å²) in [5.41, 5.74) is 6.83. The van der Waals surface area contributed by atoms with E-state index in [0.29, 0.717) is 20.0 Å². The van der Waals surface area contributed by atoms with Crippen molar-refractivity contribution in [1.82, 2.24) is 0 Å². The Hall–Kier alpha value is -0.900. The van der Waals surface area contributed by atoms with Gasteiger partial charge in [-0.1, -0.05) is 37.3 Å². The third kappa shape index (κ3) is 5.26. The second kappa shape index (κ2) is 6.63. The predicted molar refractivity (Wildman–Crippen MR) is 64.9 cm³/mol. The minimum atomic E-state index is -0.254. The molecule has 0 spiro atoms. The highest BCUT2D eigenvalue weighted by atomic mass is 16.7. The zero-order chi connectivity index (χ0) is 11.9. The zero-order valence-electron chi connectivity index (χ0n) is 10.1. The molecule has 1 aromatic rings. The van der Waals surface area contributed by atoms with E-state index in [1.807, 2.05) is 44.2 Å². The standard InChI is InChI=1S/C13H21NO2/c1-3-13(2,14)10-16-11-15-9-12-7-5-4-6-8-12/h4-8H,3,9-11,14H2,1-2H3. The van der Waals surface area contributed by atoms with E-state index in [4.69, 9.17) is 15.2 Å². The van der Waals surface area contributed by atoms with Crippen molar-refractivity contribution < 1.29 is 9.47 Å². The summed E-state index contributed by atoms with van der Waals surface area (Å²) in [6, 6.07) is 10.0. The molecule has 16 heavy (non-hydrogen) atoms. The number of ether oxygens (including phenoxy) is 2. The van der Waals surface area contributed by atoms with Gasteiger partial charge in [0, 0.05) is 5.54 Å². The monoisotopic (exact) mass is 223 g/mol. The van der Waals surface area contributed by atoms with Crippen LogP contribution in [0.1, 0.15) is 25.8 Å². The molecule has 1 unspecified atom stereocenters. The van der Waals surface area contributed by atoms with E-state index in [0.717, 1.165) is 12.0 Å². The van der Waals surface area contributed by atoms with Crippen LogP contribution in [0.3, 0.4) is 0 Å². The molecule has 2 N–H and O–H groups in total. The highest BCUT2D eigenvalue weighted by Gasteiger charge is 2.15. The van der Waals surface area contributed by atoms with E-state index in [2.05, 4.69) is 0 Å². The predicted octanol–water partition coefficient (Wildman–Crippen LogP) is 2.30. The zero-order valence-corrected chi connectivity index (χ0v) is 10.1. The van der Waals surface area contributed by atoms with Crippen LogP contribution in [0.5, 0.6) is 0 Å². The number of rotatable bonds is 7. The van der Waals surface area contributed by atoms with Crippen LogP contribution in [-0.2, 0) is 16.1 Å². The maximum atomic E-state index is 5.93. The molecule has 0 aliphatic rings. The number of benzene rings is 1. The van der Waals surface area contributed by atoms with E-state index in [1.54, 1.807) is 0 Å². The van der Waals surface area contributed by atoms with Gasteiger partial charge in [0.15, 0.2) is 0 Å². The molecule has 0 saturated carbocycles. The summed E-state index contributed by atoms with van der Waals surface area (Å²) in [7, 11) is 0. The first-order valence-corrected chi connectivity index (χ1v) is 5.62. The van der Waals surface area contributed by atoms with Crippen molar-refractivity contribution in [2.45, 2.75) is 32.4 Å². The van der Waals surface area contributed by atoms with Crippen molar-refractivity contribution in [3.8, 4) is 0 Å². The molecule has 0 aromatic heterocycles. The van der Waals surface area contributed by atoms with Gasteiger partial charge in [-0.2, -0.15) is 0 Å². The third-order valence-corrected chi connectivity index (χ3v) is 2.52. The van der Waals surface area contributed by atoms with E-state index >= 15 is 0 Å². The lowest BCUT2D eigenvalue weighted by Crippen LogP contribution is -2.40. The summed E-state index contributed by atoms with van der Waals surface area (Å²) in [4.78, 5) is 0. The Balaban J connectivity index is 2.09. The second-order valence-corrected chi connectivity index (χ2v) is 4.31. The molecule has 0 bridgehead atoms. The van der Waals surface area contributed by atoms with Crippen molar-refractivity contribution >= 4 is 0 Å². The smallest absolute Gasteiger partial charge is 0.147 e. The second-order valence-electron chi connectivity index (χ2n) is 4.31. The summed E-state index contributed by atoms with van der Waals surface area (Å²) >= 11 is 0. The molecule has 0 radical (unpaired) electrons. The summed E-state index contributed by atoms with van der Waals surface area (Å²) in [5, 5.41) is 0. The lowest BCUT2D eigenvalue weighted by Gasteiger charge is -2.22. The molecule has 1 rings (SSSR count). The van der Waals surface area contributed by atoms with Gasteiger partial charge in [-0.05, 0) is 18.9 Å². The summed E-state index contributed by atoms with van der Waals surface area (Å²) in [6.45, 7) is 5.42. The minimum Gasteiger partial charge on any atom is -0.354 e. The summed E-state index contributed by atoms with van der Waals surface area (Å²) in [6.07, 6.45) is 0.895. The van der Waals surface area contributed by atoms with Crippen LogP contribution >= 0.6 is 0 Å². The van der Waals surface area contributed by atoms with Gasteiger partial charge in [0.1, 0.15) is 6.79 Å². The van der Waals surface area contributed by atoms with Crippen molar-refractivity contribution in [2.24, 2.45) is 5.73 Å². The molecule has 0 aliphatic heterocycles. The van der Waals surface area contributed by atoms with E-state index in [-0.39, 0.29) is 5.54 Å². The van der Waals surface area contributed by atoms with Gasteiger partial charge in [-0.25, -0.2) is 0 Å².